The summed E-state index contributed by atoms with van der Waals surface area (Å²) in [6, 6.07) is 13.7. The molecule has 1 amide bonds. The van der Waals surface area contributed by atoms with Crippen LogP contribution in [0.15, 0.2) is 64.9 Å². The topological polar surface area (TPSA) is 115 Å². The Balaban J connectivity index is 1.54. The standard InChI is InChI=1S/C21H19ClN6O3S/c1-2-27-20(16-9-11-17(22)12-10-16)25-26-21(27)32-14-19(29)24-23-13-5-7-15-6-3-4-8-18(15)28(30)31/h3-13H,2,14H2,1H3,(H,24,29)/b7-5-,23-13-. The summed E-state index contributed by atoms with van der Waals surface area (Å²) < 4.78 is 1.92. The number of thioether (sulfide) groups is 1. The number of carbonyl (C=O) groups excluding carboxylic acids is 1. The number of nitrogens with zero attached hydrogens (tertiary/aromatic N) is 5. The quantitative estimate of drug-likeness (QED) is 0.214. The van der Waals surface area contributed by atoms with E-state index in [1.54, 1.807) is 36.4 Å². The fourth-order valence-corrected chi connectivity index (χ4v) is 3.67. The number of para-hydroxylation sites is 1. The van der Waals surface area contributed by atoms with Crippen molar-refractivity contribution in [1.29, 1.82) is 0 Å². The van der Waals surface area contributed by atoms with Crippen molar-refractivity contribution < 1.29 is 9.72 Å². The molecule has 0 aliphatic rings. The highest BCUT2D eigenvalue weighted by Gasteiger charge is 2.14. The van der Waals surface area contributed by atoms with Gasteiger partial charge in [-0.2, -0.15) is 5.10 Å². The molecule has 2 aromatic carbocycles. The highest BCUT2D eigenvalue weighted by Crippen LogP contribution is 2.25. The number of aromatic nitrogens is 3. The van der Waals surface area contributed by atoms with Gasteiger partial charge in [-0.05, 0) is 49.4 Å². The average molecular weight is 471 g/mol. The first-order valence-corrected chi connectivity index (χ1v) is 10.9. The molecule has 1 N–H and O–H groups in total. The molecule has 164 valence electrons. The Kier molecular flexibility index (Phi) is 8.12. The van der Waals surface area contributed by atoms with Crippen molar-refractivity contribution in [1.82, 2.24) is 20.2 Å². The van der Waals surface area contributed by atoms with Gasteiger partial charge in [0.2, 0.25) is 0 Å². The lowest BCUT2D eigenvalue weighted by Crippen LogP contribution is -2.19. The van der Waals surface area contributed by atoms with Gasteiger partial charge in [-0.15, -0.1) is 10.2 Å². The number of carbonyl (C=O) groups is 1. The third-order valence-corrected chi connectivity index (χ3v) is 5.45. The zero-order chi connectivity index (χ0) is 22.9. The molecule has 0 saturated heterocycles. The number of nitro groups is 1. The smallest absolute Gasteiger partial charge is 0.276 e. The number of hydrogen-bond donors (Lipinski definition) is 1. The minimum Gasteiger partial charge on any atom is -0.302 e. The van der Waals surface area contributed by atoms with E-state index in [0.29, 0.717) is 28.1 Å². The molecule has 0 radical (unpaired) electrons. The molecule has 9 nitrogen and oxygen atoms in total. The summed E-state index contributed by atoms with van der Waals surface area (Å²) >= 11 is 7.19. The van der Waals surface area contributed by atoms with E-state index in [1.807, 2.05) is 23.6 Å². The fourth-order valence-electron chi connectivity index (χ4n) is 2.75. The molecule has 1 heterocycles. The number of benzene rings is 2. The summed E-state index contributed by atoms with van der Waals surface area (Å²) in [4.78, 5) is 22.6. The van der Waals surface area contributed by atoms with Gasteiger partial charge < -0.3 is 4.57 Å². The third kappa shape index (κ3) is 6.02. The first-order valence-electron chi connectivity index (χ1n) is 9.53. The van der Waals surface area contributed by atoms with E-state index in [2.05, 4.69) is 20.7 Å². The second-order valence-electron chi connectivity index (χ2n) is 6.33. The van der Waals surface area contributed by atoms with Gasteiger partial charge in [0.15, 0.2) is 11.0 Å². The van der Waals surface area contributed by atoms with E-state index in [-0.39, 0.29) is 17.3 Å². The van der Waals surface area contributed by atoms with Crippen LogP contribution in [0, 0.1) is 10.1 Å². The minimum absolute atomic E-state index is 0.00408. The Morgan fingerprint density at radius 2 is 2.00 bits per heavy atom. The molecule has 0 unspecified atom stereocenters. The maximum Gasteiger partial charge on any atom is 0.276 e. The first kappa shape index (κ1) is 23.2. The normalized spacial score (nSPS) is 11.3. The van der Waals surface area contributed by atoms with Crippen molar-refractivity contribution in [2.45, 2.75) is 18.6 Å². The molecule has 3 aromatic rings. The van der Waals surface area contributed by atoms with Gasteiger partial charge in [-0.1, -0.05) is 35.5 Å². The van der Waals surface area contributed by atoms with Gasteiger partial charge >= 0.3 is 0 Å². The van der Waals surface area contributed by atoms with Crippen LogP contribution in [0.3, 0.4) is 0 Å². The van der Waals surface area contributed by atoms with Crippen LogP contribution >= 0.6 is 23.4 Å². The Bertz CT molecular complexity index is 1160. The van der Waals surface area contributed by atoms with Crippen molar-refractivity contribution in [3.8, 4) is 11.4 Å². The lowest BCUT2D eigenvalue weighted by atomic mass is 10.2. The van der Waals surface area contributed by atoms with Crippen molar-refractivity contribution in [3.05, 3.63) is 75.3 Å². The summed E-state index contributed by atoms with van der Waals surface area (Å²) in [7, 11) is 0. The van der Waals surface area contributed by atoms with Gasteiger partial charge in [-0.25, -0.2) is 5.43 Å². The van der Waals surface area contributed by atoms with Crippen molar-refractivity contribution in [3.63, 3.8) is 0 Å². The highest BCUT2D eigenvalue weighted by atomic mass is 35.5. The Hall–Kier alpha value is -3.50. The summed E-state index contributed by atoms with van der Waals surface area (Å²) in [5, 5.41) is 24.5. The van der Waals surface area contributed by atoms with Crippen LogP contribution in [-0.4, -0.2) is 37.6 Å². The predicted octanol–water partition coefficient (Wildman–Crippen LogP) is 4.43. The summed E-state index contributed by atoms with van der Waals surface area (Å²) in [5.74, 6) is 0.485. The molecule has 0 aliphatic carbocycles. The van der Waals surface area contributed by atoms with Crippen molar-refractivity contribution in [2.24, 2.45) is 5.10 Å². The molecule has 32 heavy (non-hydrogen) atoms. The first-order chi connectivity index (χ1) is 15.5. The minimum atomic E-state index is -0.455. The molecular weight excluding hydrogens is 452 g/mol. The van der Waals surface area contributed by atoms with Crippen LogP contribution in [0.1, 0.15) is 12.5 Å². The molecule has 1 aromatic heterocycles. The maximum absolute atomic E-state index is 12.1. The number of hydrogen-bond acceptors (Lipinski definition) is 7. The predicted molar refractivity (Wildman–Crippen MR) is 126 cm³/mol. The highest BCUT2D eigenvalue weighted by molar-refractivity contribution is 7.99. The second kappa shape index (κ2) is 11.2. The number of allylic oxidation sites excluding steroid dienone is 1. The molecule has 0 aliphatic heterocycles. The second-order valence-corrected chi connectivity index (χ2v) is 7.71. The van der Waals surface area contributed by atoms with Crippen LogP contribution in [0.2, 0.25) is 5.02 Å². The lowest BCUT2D eigenvalue weighted by molar-refractivity contribution is -0.385. The molecule has 0 saturated carbocycles. The fraction of sp³-hybridized carbons (Fsp3) is 0.143. The van der Waals surface area contributed by atoms with E-state index >= 15 is 0 Å². The monoisotopic (exact) mass is 470 g/mol. The SMILES string of the molecule is CCn1c(SCC(=O)N/N=C\C=C/c2ccccc2[N+](=O)[O-])nnc1-c1ccc(Cl)cc1. The summed E-state index contributed by atoms with van der Waals surface area (Å²) in [6.07, 6.45) is 4.42. The van der Waals surface area contributed by atoms with Crippen molar-refractivity contribution >= 4 is 47.2 Å². The van der Waals surface area contributed by atoms with Crippen LogP contribution in [0.25, 0.3) is 17.5 Å². The number of hydrazone groups is 1. The van der Waals surface area contributed by atoms with E-state index in [0.717, 1.165) is 5.56 Å². The molecule has 0 fully saturated rings. The van der Waals surface area contributed by atoms with Crippen LogP contribution in [-0.2, 0) is 11.3 Å². The molecule has 0 spiro atoms. The summed E-state index contributed by atoms with van der Waals surface area (Å²) in [6.45, 7) is 2.62. The van der Waals surface area contributed by atoms with Crippen molar-refractivity contribution in [2.75, 3.05) is 5.75 Å². The molecule has 0 atom stereocenters. The van der Waals surface area contributed by atoms with Crippen LogP contribution < -0.4 is 5.43 Å². The zero-order valence-electron chi connectivity index (χ0n) is 17.0. The van der Waals surface area contributed by atoms with Gasteiger partial charge in [0.25, 0.3) is 11.6 Å². The number of nitro benzene ring substituents is 1. The van der Waals surface area contributed by atoms with Crippen LogP contribution in [0.4, 0.5) is 5.69 Å². The van der Waals surface area contributed by atoms with E-state index in [1.165, 1.54) is 30.1 Å². The van der Waals surface area contributed by atoms with E-state index in [4.69, 9.17) is 11.6 Å². The molecule has 3 rings (SSSR count). The third-order valence-electron chi connectivity index (χ3n) is 4.23. The van der Waals surface area contributed by atoms with E-state index < -0.39 is 4.92 Å². The Morgan fingerprint density at radius 3 is 2.72 bits per heavy atom. The summed E-state index contributed by atoms with van der Waals surface area (Å²) in [5.41, 5.74) is 3.74. The Labute approximate surface area is 193 Å². The zero-order valence-corrected chi connectivity index (χ0v) is 18.6. The van der Waals surface area contributed by atoms with Crippen LogP contribution in [0.5, 0.6) is 0 Å². The molecular formula is C21H19ClN6O3S. The van der Waals surface area contributed by atoms with Gasteiger partial charge in [0.1, 0.15) is 0 Å². The number of halogens is 1. The van der Waals surface area contributed by atoms with Gasteiger partial charge in [0, 0.05) is 29.4 Å². The number of amides is 1. The number of rotatable bonds is 9. The largest absolute Gasteiger partial charge is 0.302 e. The molecule has 11 heteroatoms. The van der Waals surface area contributed by atoms with Gasteiger partial charge in [-0.3, -0.25) is 14.9 Å². The lowest BCUT2D eigenvalue weighted by Gasteiger charge is -2.07. The van der Waals surface area contributed by atoms with Gasteiger partial charge in [0.05, 0.1) is 16.2 Å². The van der Waals surface area contributed by atoms with E-state index in [9.17, 15) is 14.9 Å². The Morgan fingerprint density at radius 1 is 1.25 bits per heavy atom. The maximum atomic E-state index is 12.1. The average Bonchev–Trinajstić information content (AvgIpc) is 3.21. The molecule has 0 bridgehead atoms. The number of nitrogens with one attached hydrogen (secondary N) is 1.